The zero-order valence-electron chi connectivity index (χ0n) is 15.0. The number of nitro groups is 1. The summed E-state index contributed by atoms with van der Waals surface area (Å²) >= 11 is 2.08. The van der Waals surface area contributed by atoms with Gasteiger partial charge in [-0.25, -0.2) is 9.79 Å². The van der Waals surface area contributed by atoms with E-state index in [9.17, 15) is 20.2 Å². The number of thiophene rings is 1. The number of thiocyanates is 1. The standard InChI is InChI=1S/C19H13N3O5S2/c1-2-26-18(23)16-15(12-6-4-3-5-7-12)19(28-11-20)29-17(16)21-10-13-8-9-14(27-13)22(24)25/h3-10H,2H2,1H3. The number of furan rings is 1. The van der Waals surface area contributed by atoms with Gasteiger partial charge >= 0.3 is 11.9 Å². The topological polar surface area (TPSA) is 119 Å². The Balaban J connectivity index is 2.12. The molecule has 0 spiro atoms. The molecule has 29 heavy (non-hydrogen) atoms. The molecule has 0 saturated heterocycles. The van der Waals surface area contributed by atoms with Crippen LogP contribution < -0.4 is 0 Å². The third-order valence-electron chi connectivity index (χ3n) is 3.64. The molecule has 2 aromatic heterocycles. The van der Waals surface area contributed by atoms with Crippen molar-refractivity contribution in [3.05, 3.63) is 63.9 Å². The third kappa shape index (κ3) is 4.53. The summed E-state index contributed by atoms with van der Waals surface area (Å²) in [5.74, 6) is -0.811. The van der Waals surface area contributed by atoms with Crippen LogP contribution in [0.25, 0.3) is 11.1 Å². The summed E-state index contributed by atoms with van der Waals surface area (Å²) in [7, 11) is 0. The minimum atomic E-state index is -0.651. The van der Waals surface area contributed by atoms with E-state index in [0.29, 0.717) is 14.8 Å². The number of thioether (sulfide) groups is 1. The molecular weight excluding hydrogens is 414 g/mol. The summed E-state index contributed by atoms with van der Waals surface area (Å²) in [6.07, 6.45) is 1.29. The number of benzene rings is 1. The minimum absolute atomic E-state index is 0.163. The van der Waals surface area contributed by atoms with Crippen LogP contribution in [0.4, 0.5) is 10.9 Å². The van der Waals surface area contributed by atoms with E-state index in [1.165, 1.54) is 18.3 Å². The van der Waals surface area contributed by atoms with E-state index in [-0.39, 0.29) is 17.9 Å². The molecule has 0 atom stereocenters. The molecule has 0 fully saturated rings. The molecule has 0 unspecified atom stereocenters. The molecule has 0 amide bonds. The molecule has 0 N–H and O–H groups in total. The number of esters is 1. The maximum absolute atomic E-state index is 12.7. The first-order chi connectivity index (χ1) is 14.0. The van der Waals surface area contributed by atoms with Gasteiger partial charge in [0.05, 0.1) is 23.1 Å². The van der Waals surface area contributed by atoms with Gasteiger partial charge in [0, 0.05) is 17.3 Å². The largest absolute Gasteiger partial charge is 0.462 e. The number of nitrogens with zero attached hydrogens (tertiary/aromatic N) is 3. The quantitative estimate of drug-likeness (QED) is 0.123. The van der Waals surface area contributed by atoms with Crippen LogP contribution in [0.15, 0.2) is 56.1 Å². The lowest BCUT2D eigenvalue weighted by Gasteiger charge is -2.06. The zero-order valence-corrected chi connectivity index (χ0v) is 16.7. The Labute approximate surface area is 173 Å². The van der Waals surface area contributed by atoms with Gasteiger partial charge in [-0.05, 0) is 18.6 Å². The summed E-state index contributed by atoms with van der Waals surface area (Å²) in [5.41, 5.74) is 1.55. The van der Waals surface area contributed by atoms with Gasteiger partial charge in [-0.15, -0.1) is 11.3 Å². The van der Waals surface area contributed by atoms with Gasteiger partial charge in [-0.1, -0.05) is 30.3 Å². The molecule has 8 nitrogen and oxygen atoms in total. The minimum Gasteiger partial charge on any atom is -0.462 e. The monoisotopic (exact) mass is 427 g/mol. The molecule has 0 radical (unpaired) electrons. The van der Waals surface area contributed by atoms with Gasteiger partial charge in [-0.3, -0.25) is 10.1 Å². The molecular formula is C19H13N3O5S2. The molecule has 1 aromatic carbocycles. The predicted octanol–water partition coefficient (Wildman–Crippen LogP) is 5.42. The maximum Gasteiger partial charge on any atom is 0.433 e. The van der Waals surface area contributed by atoms with E-state index < -0.39 is 16.8 Å². The first kappa shape index (κ1) is 20.3. The third-order valence-corrected chi connectivity index (χ3v) is 5.51. The predicted molar refractivity (Wildman–Crippen MR) is 110 cm³/mol. The number of carbonyl (C=O) groups excluding carboxylic acids is 1. The highest BCUT2D eigenvalue weighted by atomic mass is 32.2. The average Bonchev–Trinajstić information content (AvgIpc) is 3.32. The van der Waals surface area contributed by atoms with Gasteiger partial charge in [-0.2, -0.15) is 5.26 Å². The lowest BCUT2D eigenvalue weighted by atomic mass is 10.0. The summed E-state index contributed by atoms with van der Waals surface area (Å²) in [6, 6.07) is 11.8. The maximum atomic E-state index is 12.7. The van der Waals surface area contributed by atoms with Gasteiger partial charge in [0.25, 0.3) is 0 Å². The Hall–Kier alpha value is -3.42. The fourth-order valence-electron chi connectivity index (χ4n) is 2.49. The summed E-state index contributed by atoms with van der Waals surface area (Å²) in [6.45, 7) is 1.87. The second-order valence-electron chi connectivity index (χ2n) is 5.42. The summed E-state index contributed by atoms with van der Waals surface area (Å²) in [4.78, 5) is 27.1. The zero-order chi connectivity index (χ0) is 20.8. The second-order valence-corrected chi connectivity index (χ2v) is 7.47. The van der Waals surface area contributed by atoms with Crippen LogP contribution in [0.1, 0.15) is 23.0 Å². The van der Waals surface area contributed by atoms with Crippen LogP contribution >= 0.6 is 23.1 Å². The first-order valence-electron chi connectivity index (χ1n) is 8.28. The average molecular weight is 427 g/mol. The van der Waals surface area contributed by atoms with Crippen molar-refractivity contribution in [2.24, 2.45) is 4.99 Å². The number of hydrogen-bond acceptors (Lipinski definition) is 9. The molecule has 3 aromatic rings. The van der Waals surface area contributed by atoms with Crippen molar-refractivity contribution in [1.29, 1.82) is 5.26 Å². The number of aliphatic imine (C=N–C) groups is 1. The fraction of sp³-hybridized carbons (Fsp3) is 0.105. The van der Waals surface area contributed by atoms with Crippen LogP contribution in [0.3, 0.4) is 0 Å². The number of ether oxygens (including phenoxy) is 1. The van der Waals surface area contributed by atoms with Gasteiger partial charge in [0.15, 0.2) is 5.76 Å². The van der Waals surface area contributed by atoms with E-state index in [4.69, 9.17) is 9.15 Å². The first-order valence-corrected chi connectivity index (χ1v) is 9.92. The van der Waals surface area contributed by atoms with Crippen molar-refractivity contribution in [3.8, 4) is 16.5 Å². The van der Waals surface area contributed by atoms with E-state index >= 15 is 0 Å². The smallest absolute Gasteiger partial charge is 0.433 e. The highest BCUT2D eigenvalue weighted by Gasteiger charge is 2.26. The van der Waals surface area contributed by atoms with Crippen molar-refractivity contribution in [2.75, 3.05) is 6.61 Å². The van der Waals surface area contributed by atoms with Crippen LogP contribution in [0.5, 0.6) is 0 Å². The Morgan fingerprint density at radius 3 is 2.76 bits per heavy atom. The van der Waals surface area contributed by atoms with Gasteiger partial charge < -0.3 is 9.15 Å². The van der Waals surface area contributed by atoms with Gasteiger partial charge in [0.1, 0.15) is 20.9 Å². The van der Waals surface area contributed by atoms with Crippen molar-refractivity contribution in [1.82, 2.24) is 0 Å². The van der Waals surface area contributed by atoms with Crippen LogP contribution in [0, 0.1) is 20.8 Å². The van der Waals surface area contributed by atoms with Gasteiger partial charge in [0.2, 0.25) is 0 Å². The lowest BCUT2D eigenvalue weighted by molar-refractivity contribution is -0.402. The lowest BCUT2D eigenvalue weighted by Crippen LogP contribution is -2.05. The van der Waals surface area contributed by atoms with Crippen molar-refractivity contribution < 1.29 is 18.9 Å². The molecule has 146 valence electrons. The molecule has 0 aliphatic rings. The van der Waals surface area contributed by atoms with Crippen LogP contribution in [-0.4, -0.2) is 23.7 Å². The summed E-state index contributed by atoms with van der Waals surface area (Å²) < 4.78 is 10.9. The number of hydrogen-bond donors (Lipinski definition) is 0. The molecule has 2 heterocycles. The fourth-order valence-corrected chi connectivity index (χ4v) is 4.31. The van der Waals surface area contributed by atoms with Crippen LogP contribution in [-0.2, 0) is 4.74 Å². The van der Waals surface area contributed by atoms with E-state index in [1.807, 2.05) is 35.7 Å². The number of nitriles is 1. The van der Waals surface area contributed by atoms with Crippen molar-refractivity contribution in [3.63, 3.8) is 0 Å². The molecule has 10 heteroatoms. The van der Waals surface area contributed by atoms with E-state index in [1.54, 1.807) is 6.92 Å². The number of carbonyl (C=O) groups is 1. The summed E-state index contributed by atoms with van der Waals surface area (Å²) in [5, 5.41) is 22.3. The molecule has 3 rings (SSSR count). The second kappa shape index (κ2) is 9.18. The molecule has 0 bridgehead atoms. The van der Waals surface area contributed by atoms with Crippen molar-refractivity contribution >= 4 is 46.2 Å². The Morgan fingerprint density at radius 1 is 1.38 bits per heavy atom. The normalized spacial score (nSPS) is 10.8. The Bertz CT molecular complexity index is 1110. The Kier molecular flexibility index (Phi) is 6.43. The highest BCUT2D eigenvalue weighted by Crippen LogP contribution is 2.47. The number of rotatable bonds is 7. The highest BCUT2D eigenvalue weighted by molar-refractivity contribution is 8.05. The van der Waals surface area contributed by atoms with E-state index in [2.05, 4.69) is 4.99 Å². The SMILES string of the molecule is CCOC(=O)c1c(N=Cc2ccc([N+](=O)[O-])o2)sc(SC#N)c1-c1ccccc1. The molecule has 0 aliphatic carbocycles. The molecule has 0 aliphatic heterocycles. The van der Waals surface area contributed by atoms with Crippen molar-refractivity contribution in [2.45, 2.75) is 11.1 Å². The van der Waals surface area contributed by atoms with E-state index in [0.717, 1.165) is 28.7 Å². The Morgan fingerprint density at radius 2 is 2.14 bits per heavy atom. The van der Waals surface area contributed by atoms with Crippen LogP contribution in [0.2, 0.25) is 0 Å². The molecule has 0 saturated carbocycles.